The fourth-order valence-corrected chi connectivity index (χ4v) is 5.16. The number of carbonyl (C=O) groups excluding carboxylic acids is 1. The van der Waals surface area contributed by atoms with Crippen LogP contribution in [0.4, 0.5) is 24.7 Å². The normalized spacial score (nSPS) is 16.2. The lowest BCUT2D eigenvalue weighted by atomic mass is 10.0. The molecule has 34 heavy (non-hydrogen) atoms. The van der Waals surface area contributed by atoms with Crippen molar-refractivity contribution in [2.45, 2.75) is 31.2 Å². The molecular formula is C21H22BrF3N6O2S. The van der Waals surface area contributed by atoms with E-state index in [0.29, 0.717) is 38.2 Å². The van der Waals surface area contributed by atoms with Crippen molar-refractivity contribution in [1.29, 1.82) is 0 Å². The van der Waals surface area contributed by atoms with Crippen LogP contribution in [-0.2, 0) is 6.18 Å². The van der Waals surface area contributed by atoms with Gasteiger partial charge in [-0.15, -0.1) is 11.3 Å². The van der Waals surface area contributed by atoms with Gasteiger partial charge in [0.25, 0.3) is 5.91 Å². The Labute approximate surface area is 205 Å². The summed E-state index contributed by atoms with van der Waals surface area (Å²) in [6.45, 7) is 1.26. The smallest absolute Gasteiger partial charge is 0.397 e. The number of anilines is 2. The van der Waals surface area contributed by atoms with Crippen LogP contribution in [0.15, 0.2) is 28.9 Å². The molecule has 1 amide bonds. The summed E-state index contributed by atoms with van der Waals surface area (Å²) in [4.78, 5) is 21.8. The van der Waals surface area contributed by atoms with Gasteiger partial charge in [-0.1, -0.05) is 0 Å². The topological polar surface area (TPSA) is 130 Å². The number of alkyl halides is 3. The van der Waals surface area contributed by atoms with E-state index in [9.17, 15) is 23.1 Å². The summed E-state index contributed by atoms with van der Waals surface area (Å²) in [6, 6.07) is 4.61. The molecule has 0 bridgehead atoms. The van der Waals surface area contributed by atoms with Gasteiger partial charge in [0.15, 0.2) is 0 Å². The van der Waals surface area contributed by atoms with Gasteiger partial charge in [0.05, 0.1) is 16.9 Å². The van der Waals surface area contributed by atoms with Crippen molar-refractivity contribution in [3.8, 4) is 0 Å². The lowest BCUT2D eigenvalue weighted by Gasteiger charge is -2.34. The van der Waals surface area contributed by atoms with Crippen LogP contribution in [0.2, 0.25) is 0 Å². The van der Waals surface area contributed by atoms with Crippen LogP contribution in [0.5, 0.6) is 0 Å². The molecule has 1 aliphatic heterocycles. The van der Waals surface area contributed by atoms with E-state index in [1.807, 2.05) is 0 Å². The number of piperidine rings is 1. The first-order chi connectivity index (χ1) is 16.0. The molecule has 13 heteroatoms. The number of halogens is 4. The van der Waals surface area contributed by atoms with E-state index in [1.54, 1.807) is 23.2 Å². The average molecular weight is 559 g/mol. The van der Waals surface area contributed by atoms with Crippen molar-refractivity contribution in [2.24, 2.45) is 5.73 Å². The Kier molecular flexibility index (Phi) is 6.99. The number of nitrogens with two attached hydrogens (primary N) is 2. The van der Waals surface area contributed by atoms with Crippen LogP contribution >= 0.6 is 27.3 Å². The van der Waals surface area contributed by atoms with Gasteiger partial charge in [-0.05, 0) is 47.0 Å². The molecule has 3 aromatic heterocycles. The Balaban J connectivity index is 1.46. The number of rotatable bonds is 6. The molecular weight excluding hydrogens is 537 g/mol. The fraction of sp³-hybridized carbons (Fsp3) is 0.381. The van der Waals surface area contributed by atoms with Gasteiger partial charge in [0.1, 0.15) is 21.6 Å². The second kappa shape index (κ2) is 9.64. The van der Waals surface area contributed by atoms with Crippen LogP contribution in [0, 0.1) is 0 Å². The molecule has 1 fully saturated rings. The zero-order chi connectivity index (χ0) is 24.6. The molecule has 1 atom stereocenters. The minimum atomic E-state index is -4.67. The van der Waals surface area contributed by atoms with Gasteiger partial charge in [-0.2, -0.15) is 13.2 Å². The van der Waals surface area contributed by atoms with E-state index in [0.717, 1.165) is 21.9 Å². The maximum Gasteiger partial charge on any atom is 0.417 e. The number of hydrogen-bond acceptors (Lipinski definition) is 8. The summed E-state index contributed by atoms with van der Waals surface area (Å²) >= 11 is 4.07. The summed E-state index contributed by atoms with van der Waals surface area (Å²) < 4.78 is 42.2. The van der Waals surface area contributed by atoms with E-state index in [1.165, 1.54) is 0 Å². The van der Waals surface area contributed by atoms with Crippen molar-refractivity contribution in [2.75, 3.05) is 30.3 Å². The van der Waals surface area contributed by atoms with Crippen molar-refractivity contribution >= 4 is 54.9 Å². The standard InChI is InChI=1S/C21H22BrF3N6O2S/c22-10-1-2-13(29-8-10)14(32)9-28-11-3-5-31(6-4-11)15-7-12(21(23,24)25)16-17(26)18(19(27)33)34-20(16)30-15/h1-2,7-8,11,14,28,32H,3-6,9,26H2,(H2,27,33). The minimum absolute atomic E-state index is 0.0292. The number of aromatic nitrogens is 2. The van der Waals surface area contributed by atoms with Crippen molar-refractivity contribution < 1.29 is 23.1 Å². The molecule has 182 valence electrons. The van der Waals surface area contributed by atoms with Crippen molar-refractivity contribution in [3.63, 3.8) is 0 Å². The Morgan fingerprint density at radius 2 is 2.06 bits per heavy atom. The van der Waals surface area contributed by atoms with Crippen molar-refractivity contribution in [1.82, 2.24) is 15.3 Å². The van der Waals surface area contributed by atoms with E-state index in [4.69, 9.17) is 11.5 Å². The third-order valence-corrected chi connectivity index (χ3v) is 7.31. The number of carbonyl (C=O) groups is 1. The first-order valence-electron chi connectivity index (χ1n) is 10.4. The molecule has 0 aromatic carbocycles. The summed E-state index contributed by atoms with van der Waals surface area (Å²) in [5, 5.41) is 13.3. The van der Waals surface area contributed by atoms with Crippen LogP contribution in [0.3, 0.4) is 0 Å². The lowest BCUT2D eigenvalue weighted by molar-refractivity contribution is -0.136. The number of thiophene rings is 1. The highest BCUT2D eigenvalue weighted by Gasteiger charge is 2.37. The summed E-state index contributed by atoms with van der Waals surface area (Å²) in [6.07, 6.45) is -2.52. The number of nitrogens with one attached hydrogen (secondary N) is 1. The highest BCUT2D eigenvalue weighted by molar-refractivity contribution is 9.10. The predicted octanol–water partition coefficient (Wildman–Crippen LogP) is 3.45. The van der Waals surface area contributed by atoms with Crippen LogP contribution < -0.4 is 21.7 Å². The van der Waals surface area contributed by atoms with Gasteiger partial charge >= 0.3 is 6.18 Å². The third-order valence-electron chi connectivity index (χ3n) is 5.73. The Morgan fingerprint density at radius 1 is 1.35 bits per heavy atom. The van der Waals surface area contributed by atoms with Crippen LogP contribution in [0.1, 0.15) is 39.9 Å². The fourth-order valence-electron chi connectivity index (χ4n) is 3.96. The summed E-state index contributed by atoms with van der Waals surface area (Å²) in [5.74, 6) is -0.711. The number of aliphatic hydroxyl groups is 1. The Hall–Kier alpha value is -2.48. The van der Waals surface area contributed by atoms with E-state index < -0.39 is 23.8 Å². The quantitative estimate of drug-likeness (QED) is 0.364. The monoisotopic (exact) mass is 558 g/mol. The average Bonchev–Trinajstić information content (AvgIpc) is 3.13. The third kappa shape index (κ3) is 5.11. The summed E-state index contributed by atoms with van der Waals surface area (Å²) in [5.41, 5.74) is 10.4. The number of aliphatic hydroxyl groups excluding tert-OH is 1. The molecule has 0 saturated carbocycles. The number of hydrogen-bond donors (Lipinski definition) is 4. The first-order valence-corrected chi connectivity index (χ1v) is 12.0. The molecule has 0 spiro atoms. The molecule has 4 rings (SSSR count). The molecule has 1 aliphatic rings. The van der Waals surface area contributed by atoms with Gasteiger partial charge in [0, 0.05) is 41.7 Å². The highest BCUT2D eigenvalue weighted by Crippen LogP contribution is 2.43. The van der Waals surface area contributed by atoms with Gasteiger partial charge in [-0.3, -0.25) is 9.78 Å². The number of fused-ring (bicyclic) bond motifs is 1. The molecule has 0 aliphatic carbocycles. The van der Waals surface area contributed by atoms with E-state index in [2.05, 4.69) is 31.2 Å². The Morgan fingerprint density at radius 3 is 2.65 bits per heavy atom. The van der Waals surface area contributed by atoms with Crippen LogP contribution in [0.25, 0.3) is 10.2 Å². The second-order valence-electron chi connectivity index (χ2n) is 8.00. The molecule has 0 radical (unpaired) electrons. The maximum atomic E-state index is 13.8. The predicted molar refractivity (Wildman–Crippen MR) is 128 cm³/mol. The largest absolute Gasteiger partial charge is 0.417 e. The van der Waals surface area contributed by atoms with Crippen LogP contribution in [-0.4, -0.2) is 46.7 Å². The number of primary amides is 1. The number of nitrogen functional groups attached to an aromatic ring is 1. The molecule has 4 heterocycles. The van der Waals surface area contributed by atoms with Gasteiger partial charge in [0.2, 0.25) is 0 Å². The van der Waals surface area contributed by atoms with Gasteiger partial charge in [-0.25, -0.2) is 4.98 Å². The zero-order valence-electron chi connectivity index (χ0n) is 17.8. The van der Waals surface area contributed by atoms with Crippen molar-refractivity contribution in [3.05, 3.63) is 45.0 Å². The van der Waals surface area contributed by atoms with Gasteiger partial charge < -0.3 is 26.8 Å². The number of amides is 1. The second-order valence-corrected chi connectivity index (χ2v) is 9.92. The SMILES string of the molecule is NC(=O)c1sc2nc(N3CCC(NCC(O)c4ccc(Br)cn4)CC3)cc(C(F)(F)F)c2c1N. The van der Waals surface area contributed by atoms with E-state index >= 15 is 0 Å². The minimum Gasteiger partial charge on any atom is -0.397 e. The number of nitrogens with zero attached hydrogens (tertiary/aromatic N) is 3. The lowest BCUT2D eigenvalue weighted by Crippen LogP contribution is -2.44. The molecule has 6 N–H and O–H groups in total. The Bertz CT molecular complexity index is 1200. The molecule has 3 aromatic rings. The summed E-state index contributed by atoms with van der Waals surface area (Å²) in [7, 11) is 0. The van der Waals surface area contributed by atoms with E-state index in [-0.39, 0.29) is 32.6 Å². The molecule has 1 unspecified atom stereocenters. The maximum absolute atomic E-state index is 13.8. The zero-order valence-corrected chi connectivity index (χ0v) is 20.2. The molecule has 8 nitrogen and oxygen atoms in total. The highest BCUT2D eigenvalue weighted by atomic mass is 79.9. The number of pyridine rings is 2. The first kappa shape index (κ1) is 24.6. The molecule has 1 saturated heterocycles.